The predicted molar refractivity (Wildman–Crippen MR) is 69.8 cm³/mol. The molecule has 17 heavy (non-hydrogen) atoms. The molecule has 3 nitrogen and oxygen atoms in total. The topological polar surface area (TPSA) is 38.3 Å². The molecule has 6 heteroatoms. The van der Waals surface area contributed by atoms with Crippen molar-refractivity contribution in [2.45, 2.75) is 19.5 Å². The van der Waals surface area contributed by atoms with Crippen molar-refractivity contribution in [1.29, 1.82) is 0 Å². The quantitative estimate of drug-likeness (QED) is 0.684. The van der Waals surface area contributed by atoms with E-state index in [9.17, 15) is 4.79 Å². The molecule has 0 aliphatic heterocycles. The average molecular weight is 297 g/mol. The van der Waals surface area contributed by atoms with Crippen molar-refractivity contribution in [1.82, 2.24) is 5.32 Å². The van der Waals surface area contributed by atoms with Gasteiger partial charge in [0.1, 0.15) is 6.04 Å². The van der Waals surface area contributed by atoms with Gasteiger partial charge in [0.2, 0.25) is 0 Å². The second-order valence-corrected chi connectivity index (χ2v) is 4.64. The minimum Gasteiger partial charge on any atom is -0.468 e. The summed E-state index contributed by atoms with van der Waals surface area (Å²) in [5.74, 6) is -0.348. The zero-order chi connectivity index (χ0) is 13.0. The number of nitrogens with one attached hydrogen (secondary N) is 1. The molecule has 0 unspecified atom stereocenters. The lowest BCUT2D eigenvalue weighted by Crippen LogP contribution is -2.34. The summed E-state index contributed by atoms with van der Waals surface area (Å²) in [6.45, 7) is 2.03. The molecule has 0 heterocycles. The lowest BCUT2D eigenvalue weighted by Gasteiger charge is -2.13. The second-order valence-electron chi connectivity index (χ2n) is 3.45. The van der Waals surface area contributed by atoms with Crippen LogP contribution in [0.15, 0.2) is 12.1 Å². The summed E-state index contributed by atoms with van der Waals surface area (Å²) in [5.41, 5.74) is 0.664. The van der Waals surface area contributed by atoms with Gasteiger partial charge >= 0.3 is 5.97 Å². The van der Waals surface area contributed by atoms with Crippen molar-refractivity contribution in [3.63, 3.8) is 0 Å². The van der Waals surface area contributed by atoms with Gasteiger partial charge in [0.25, 0.3) is 0 Å². The first-order chi connectivity index (χ1) is 7.97. The van der Waals surface area contributed by atoms with Crippen LogP contribution in [0.4, 0.5) is 0 Å². The second kappa shape index (κ2) is 6.45. The molecule has 94 valence electrons. The summed E-state index contributed by atoms with van der Waals surface area (Å²) >= 11 is 17.9. The fraction of sp³-hybridized carbons (Fsp3) is 0.364. The molecule has 0 fully saturated rings. The maximum absolute atomic E-state index is 11.2. The third-order valence-corrected chi connectivity index (χ3v) is 3.48. The van der Waals surface area contributed by atoms with Crippen molar-refractivity contribution < 1.29 is 9.53 Å². The van der Waals surface area contributed by atoms with Crippen LogP contribution in [-0.4, -0.2) is 19.1 Å². The summed E-state index contributed by atoms with van der Waals surface area (Å²) in [6.07, 6.45) is 0. The van der Waals surface area contributed by atoms with Gasteiger partial charge in [-0.2, -0.15) is 0 Å². The van der Waals surface area contributed by atoms with Crippen LogP contribution in [0.25, 0.3) is 0 Å². The molecular weight excluding hydrogens is 284 g/mol. The fourth-order valence-electron chi connectivity index (χ4n) is 1.25. The fourth-order valence-corrected chi connectivity index (χ4v) is 1.93. The SMILES string of the molecule is COC(=O)[C@H](C)NCc1c(Cl)ccc(Cl)c1Cl. The number of hydrogen-bond donors (Lipinski definition) is 1. The van der Waals surface area contributed by atoms with Gasteiger partial charge in [-0.1, -0.05) is 34.8 Å². The van der Waals surface area contributed by atoms with Crippen LogP contribution in [0.5, 0.6) is 0 Å². The van der Waals surface area contributed by atoms with Crippen LogP contribution in [-0.2, 0) is 16.1 Å². The number of halogens is 3. The first-order valence-corrected chi connectivity index (χ1v) is 6.04. The van der Waals surface area contributed by atoms with E-state index < -0.39 is 6.04 Å². The molecular formula is C11H12Cl3NO2. The molecule has 0 amide bonds. The van der Waals surface area contributed by atoms with Crippen molar-refractivity contribution in [2.75, 3.05) is 7.11 Å². The largest absolute Gasteiger partial charge is 0.468 e. The first kappa shape index (κ1) is 14.6. The Bertz CT molecular complexity index is 423. The van der Waals surface area contributed by atoms with Gasteiger partial charge in [0.05, 0.1) is 17.2 Å². The number of esters is 1. The van der Waals surface area contributed by atoms with Gasteiger partial charge in [-0.25, -0.2) is 0 Å². The Morgan fingerprint density at radius 3 is 2.53 bits per heavy atom. The van der Waals surface area contributed by atoms with Crippen LogP contribution in [0.1, 0.15) is 12.5 Å². The van der Waals surface area contributed by atoms with E-state index in [1.165, 1.54) is 7.11 Å². The molecule has 1 N–H and O–H groups in total. The summed E-state index contributed by atoms with van der Waals surface area (Å²) in [4.78, 5) is 11.2. The highest BCUT2D eigenvalue weighted by molar-refractivity contribution is 6.44. The zero-order valence-corrected chi connectivity index (χ0v) is 11.7. The highest BCUT2D eigenvalue weighted by Gasteiger charge is 2.15. The van der Waals surface area contributed by atoms with Gasteiger partial charge in [-0.15, -0.1) is 0 Å². The monoisotopic (exact) mass is 295 g/mol. The number of carbonyl (C=O) groups is 1. The van der Waals surface area contributed by atoms with Crippen molar-refractivity contribution >= 4 is 40.8 Å². The third kappa shape index (κ3) is 3.75. The Kier molecular flexibility index (Phi) is 5.53. The molecule has 1 atom stereocenters. The highest BCUT2D eigenvalue weighted by atomic mass is 35.5. The van der Waals surface area contributed by atoms with E-state index in [4.69, 9.17) is 34.8 Å². The number of carbonyl (C=O) groups excluding carboxylic acids is 1. The molecule has 1 aromatic carbocycles. The Labute approximate surface area is 115 Å². The first-order valence-electron chi connectivity index (χ1n) is 4.91. The molecule has 0 spiro atoms. The summed E-state index contributed by atoms with van der Waals surface area (Å²) < 4.78 is 4.59. The number of ether oxygens (including phenoxy) is 1. The Morgan fingerprint density at radius 1 is 1.35 bits per heavy atom. The van der Waals surface area contributed by atoms with Crippen molar-refractivity contribution in [3.8, 4) is 0 Å². The van der Waals surface area contributed by atoms with Gasteiger partial charge in [-0.3, -0.25) is 4.79 Å². The van der Waals surface area contributed by atoms with Crippen molar-refractivity contribution in [3.05, 3.63) is 32.8 Å². The molecule has 0 aliphatic rings. The smallest absolute Gasteiger partial charge is 0.322 e. The van der Waals surface area contributed by atoms with E-state index in [0.717, 1.165) is 0 Å². The van der Waals surface area contributed by atoms with E-state index in [-0.39, 0.29) is 5.97 Å². The van der Waals surface area contributed by atoms with Crippen LogP contribution in [0.2, 0.25) is 15.1 Å². The number of methoxy groups -OCH3 is 1. The predicted octanol–water partition coefficient (Wildman–Crippen LogP) is 3.30. The van der Waals surface area contributed by atoms with E-state index in [0.29, 0.717) is 27.2 Å². The van der Waals surface area contributed by atoms with Crippen molar-refractivity contribution in [2.24, 2.45) is 0 Å². The third-order valence-electron chi connectivity index (χ3n) is 2.28. The summed E-state index contributed by atoms with van der Waals surface area (Å²) in [7, 11) is 1.33. The van der Waals surface area contributed by atoms with Gasteiger partial charge in [0, 0.05) is 17.1 Å². The molecule has 0 saturated heterocycles. The summed E-state index contributed by atoms with van der Waals surface area (Å²) in [5, 5.41) is 4.28. The molecule has 0 aromatic heterocycles. The minimum atomic E-state index is -0.439. The van der Waals surface area contributed by atoms with Crippen LogP contribution >= 0.6 is 34.8 Å². The highest BCUT2D eigenvalue weighted by Crippen LogP contribution is 2.31. The maximum Gasteiger partial charge on any atom is 0.322 e. The van der Waals surface area contributed by atoms with Gasteiger partial charge < -0.3 is 10.1 Å². The molecule has 0 bridgehead atoms. The Morgan fingerprint density at radius 2 is 1.94 bits per heavy atom. The standard InChI is InChI=1S/C11H12Cl3NO2/c1-6(11(16)17-2)15-5-7-8(12)3-4-9(13)10(7)14/h3-4,6,15H,5H2,1-2H3/t6-/m0/s1. The van der Waals surface area contributed by atoms with Crippen LogP contribution < -0.4 is 5.32 Å². The van der Waals surface area contributed by atoms with E-state index in [2.05, 4.69) is 10.1 Å². The van der Waals surface area contributed by atoms with Gasteiger partial charge in [0.15, 0.2) is 0 Å². The molecule has 0 aliphatic carbocycles. The minimum absolute atomic E-state index is 0.342. The molecule has 0 saturated carbocycles. The van der Waals surface area contributed by atoms with Crippen LogP contribution in [0.3, 0.4) is 0 Å². The average Bonchev–Trinajstić information content (AvgIpc) is 2.32. The number of rotatable bonds is 4. The summed E-state index contributed by atoms with van der Waals surface area (Å²) in [6, 6.07) is 2.85. The Hall–Kier alpha value is -0.480. The van der Waals surface area contributed by atoms with E-state index >= 15 is 0 Å². The van der Waals surface area contributed by atoms with E-state index in [1.54, 1.807) is 19.1 Å². The number of benzene rings is 1. The maximum atomic E-state index is 11.2. The Balaban J connectivity index is 2.76. The normalized spacial score (nSPS) is 12.3. The lowest BCUT2D eigenvalue weighted by atomic mass is 10.2. The molecule has 0 radical (unpaired) electrons. The number of hydrogen-bond acceptors (Lipinski definition) is 3. The molecule has 1 aromatic rings. The lowest BCUT2D eigenvalue weighted by molar-refractivity contribution is -0.142. The van der Waals surface area contributed by atoms with Crippen LogP contribution in [0, 0.1) is 0 Å². The zero-order valence-electron chi connectivity index (χ0n) is 9.39. The van der Waals surface area contributed by atoms with Gasteiger partial charge in [-0.05, 0) is 19.1 Å². The van der Waals surface area contributed by atoms with E-state index in [1.807, 2.05) is 0 Å². The molecule has 1 rings (SSSR count).